The van der Waals surface area contributed by atoms with Crippen LogP contribution in [-0.2, 0) is 19.3 Å². The number of benzene rings is 1. The fourth-order valence-corrected chi connectivity index (χ4v) is 5.14. The lowest BCUT2D eigenvalue weighted by molar-refractivity contribution is 0.308. The molecule has 216 valence electrons. The van der Waals surface area contributed by atoms with Gasteiger partial charge in [-0.1, -0.05) is 47.6 Å². The van der Waals surface area contributed by atoms with Crippen LogP contribution in [0.3, 0.4) is 0 Å². The second kappa shape index (κ2) is 16.5. The average Bonchev–Trinajstić information content (AvgIpc) is 3.38. The van der Waals surface area contributed by atoms with E-state index in [1.807, 2.05) is 58.2 Å². The molecule has 0 bridgehead atoms. The average molecular weight is 544 g/mol. The highest BCUT2D eigenvalue weighted by Gasteiger charge is 2.16. The van der Waals surface area contributed by atoms with Crippen LogP contribution in [-0.4, -0.2) is 34.6 Å². The van der Waals surface area contributed by atoms with Crippen molar-refractivity contribution >= 4 is 28.1 Å². The molecular weight excluding hydrogens is 494 g/mol. The molecule has 0 unspecified atom stereocenters. The zero-order valence-electron chi connectivity index (χ0n) is 25.5. The first-order chi connectivity index (χ1) is 19.7. The Kier molecular flexibility index (Phi) is 12.8. The molecule has 1 aliphatic carbocycles. The van der Waals surface area contributed by atoms with Crippen LogP contribution in [0.1, 0.15) is 84.2 Å². The molecule has 0 amide bonds. The SMILES string of the molecule is CC.CC.CCCN(CCC)c1cc(Nc2ccc3[nH]c4c(c3c2)CCCC4)cc(OCCc2ccccn2)n1. The lowest BCUT2D eigenvalue weighted by Gasteiger charge is -2.24. The number of ether oxygens (including phenoxy) is 1. The van der Waals surface area contributed by atoms with Gasteiger partial charge in [0.2, 0.25) is 5.88 Å². The summed E-state index contributed by atoms with van der Waals surface area (Å²) in [6.45, 7) is 14.9. The summed E-state index contributed by atoms with van der Waals surface area (Å²) in [4.78, 5) is 15.3. The van der Waals surface area contributed by atoms with Gasteiger partial charge < -0.3 is 19.9 Å². The molecule has 0 aliphatic heterocycles. The van der Waals surface area contributed by atoms with Crippen LogP contribution in [0, 0.1) is 0 Å². The highest BCUT2D eigenvalue weighted by atomic mass is 16.5. The Labute approximate surface area is 241 Å². The minimum absolute atomic E-state index is 0.538. The van der Waals surface area contributed by atoms with Gasteiger partial charge in [-0.25, -0.2) is 0 Å². The first kappa shape index (κ1) is 31.0. The summed E-state index contributed by atoms with van der Waals surface area (Å²) < 4.78 is 6.14. The molecule has 0 radical (unpaired) electrons. The molecule has 2 N–H and O–H groups in total. The molecule has 3 aromatic heterocycles. The largest absolute Gasteiger partial charge is 0.477 e. The number of H-pyrrole nitrogens is 1. The molecule has 0 spiro atoms. The zero-order valence-corrected chi connectivity index (χ0v) is 25.5. The normalized spacial score (nSPS) is 11.9. The van der Waals surface area contributed by atoms with E-state index < -0.39 is 0 Å². The van der Waals surface area contributed by atoms with Gasteiger partial charge >= 0.3 is 0 Å². The fraction of sp³-hybridized carbons (Fsp3) is 0.471. The summed E-state index contributed by atoms with van der Waals surface area (Å²) in [5.41, 5.74) is 7.24. The monoisotopic (exact) mass is 543 g/mol. The molecule has 0 saturated carbocycles. The topological polar surface area (TPSA) is 66.1 Å². The van der Waals surface area contributed by atoms with Crippen LogP contribution in [0.25, 0.3) is 10.9 Å². The Bertz CT molecular complexity index is 1280. The number of nitrogens with one attached hydrogen (secondary N) is 2. The van der Waals surface area contributed by atoms with E-state index in [2.05, 4.69) is 58.3 Å². The third kappa shape index (κ3) is 8.23. The first-order valence-corrected chi connectivity index (χ1v) is 15.4. The van der Waals surface area contributed by atoms with Crippen molar-refractivity contribution in [3.63, 3.8) is 0 Å². The number of aromatic nitrogens is 3. The molecule has 4 aromatic rings. The van der Waals surface area contributed by atoms with Crippen molar-refractivity contribution in [3.8, 4) is 5.88 Å². The van der Waals surface area contributed by atoms with E-state index in [4.69, 9.17) is 9.72 Å². The van der Waals surface area contributed by atoms with Crippen molar-refractivity contribution < 1.29 is 4.74 Å². The number of nitrogens with zero attached hydrogens (tertiary/aromatic N) is 3. The van der Waals surface area contributed by atoms with Gasteiger partial charge in [0.1, 0.15) is 5.82 Å². The van der Waals surface area contributed by atoms with E-state index in [1.165, 1.54) is 35.0 Å². The molecule has 0 saturated heterocycles. The maximum Gasteiger partial charge on any atom is 0.217 e. The minimum atomic E-state index is 0.538. The van der Waals surface area contributed by atoms with E-state index in [0.29, 0.717) is 12.5 Å². The van der Waals surface area contributed by atoms with Gasteiger partial charge in [-0.15, -0.1) is 0 Å². The van der Waals surface area contributed by atoms with Gasteiger partial charge in [0.15, 0.2) is 0 Å². The van der Waals surface area contributed by atoms with Crippen LogP contribution in [0.2, 0.25) is 0 Å². The second-order valence-electron chi connectivity index (χ2n) is 9.63. The Morgan fingerprint density at radius 3 is 2.40 bits per heavy atom. The lowest BCUT2D eigenvalue weighted by Crippen LogP contribution is -2.26. The summed E-state index contributed by atoms with van der Waals surface area (Å²) in [6.07, 6.45) is 9.59. The summed E-state index contributed by atoms with van der Waals surface area (Å²) in [7, 11) is 0. The van der Waals surface area contributed by atoms with E-state index in [9.17, 15) is 0 Å². The van der Waals surface area contributed by atoms with Crippen molar-refractivity contribution in [1.82, 2.24) is 15.0 Å². The van der Waals surface area contributed by atoms with Crippen LogP contribution in [0.4, 0.5) is 17.2 Å². The van der Waals surface area contributed by atoms with Gasteiger partial charge in [0, 0.05) is 71.5 Å². The van der Waals surface area contributed by atoms with Crippen LogP contribution in [0.15, 0.2) is 54.7 Å². The fourth-order valence-electron chi connectivity index (χ4n) is 5.14. The summed E-state index contributed by atoms with van der Waals surface area (Å²) in [5.74, 6) is 1.60. The van der Waals surface area contributed by atoms with E-state index in [-0.39, 0.29) is 0 Å². The van der Waals surface area contributed by atoms with Gasteiger partial charge in [-0.2, -0.15) is 4.98 Å². The molecular formula is C34H49N5O. The molecule has 5 rings (SSSR count). The van der Waals surface area contributed by atoms with Gasteiger partial charge in [0.05, 0.1) is 6.61 Å². The molecule has 6 heteroatoms. The maximum atomic E-state index is 6.14. The Balaban J connectivity index is 0.00000106. The third-order valence-corrected chi connectivity index (χ3v) is 6.82. The number of fused-ring (bicyclic) bond motifs is 3. The van der Waals surface area contributed by atoms with Crippen molar-refractivity contribution in [1.29, 1.82) is 0 Å². The van der Waals surface area contributed by atoms with E-state index >= 15 is 0 Å². The van der Waals surface area contributed by atoms with Gasteiger partial charge in [0.25, 0.3) is 0 Å². The quantitative estimate of drug-likeness (QED) is 0.198. The number of hydrogen-bond donors (Lipinski definition) is 2. The van der Waals surface area contributed by atoms with Gasteiger partial charge in [-0.3, -0.25) is 4.98 Å². The molecule has 1 aliphatic rings. The molecule has 6 nitrogen and oxygen atoms in total. The van der Waals surface area contributed by atoms with E-state index in [1.54, 1.807) is 0 Å². The third-order valence-electron chi connectivity index (χ3n) is 6.82. The van der Waals surface area contributed by atoms with E-state index in [0.717, 1.165) is 68.1 Å². The number of anilines is 3. The summed E-state index contributed by atoms with van der Waals surface area (Å²) in [5, 5.41) is 4.99. The molecule has 1 aromatic carbocycles. The zero-order chi connectivity index (χ0) is 28.7. The molecule has 0 atom stereocenters. The van der Waals surface area contributed by atoms with Crippen molar-refractivity contribution in [3.05, 3.63) is 71.7 Å². The Morgan fingerprint density at radius 2 is 1.68 bits per heavy atom. The van der Waals surface area contributed by atoms with Crippen molar-refractivity contribution in [2.45, 2.75) is 86.5 Å². The van der Waals surface area contributed by atoms with Crippen LogP contribution < -0.4 is 15.0 Å². The number of pyridine rings is 2. The lowest BCUT2D eigenvalue weighted by atomic mass is 9.95. The van der Waals surface area contributed by atoms with Crippen molar-refractivity contribution in [2.75, 3.05) is 29.9 Å². The highest BCUT2D eigenvalue weighted by molar-refractivity contribution is 5.88. The number of hydrogen-bond acceptors (Lipinski definition) is 5. The summed E-state index contributed by atoms with van der Waals surface area (Å²) in [6, 6.07) is 16.8. The van der Waals surface area contributed by atoms with Crippen LogP contribution in [0.5, 0.6) is 5.88 Å². The first-order valence-electron chi connectivity index (χ1n) is 15.4. The predicted octanol–water partition coefficient (Wildman–Crippen LogP) is 8.88. The maximum absolute atomic E-state index is 6.14. The standard InChI is InChI=1S/C30H37N5O.2C2H6/c1-3-16-35(17-4-2)29-20-24(21-30(34-29)36-18-14-22-9-7-8-15-31-22)32-23-12-13-28-26(19-23)25-10-5-6-11-27(25)33-28;2*1-2/h7-9,12-13,15,19-21,33H,3-6,10-11,14,16-18H2,1-2H3,(H,32,34);2*1-2H3. The number of aromatic amines is 1. The summed E-state index contributed by atoms with van der Waals surface area (Å²) >= 11 is 0. The molecule has 40 heavy (non-hydrogen) atoms. The highest BCUT2D eigenvalue weighted by Crippen LogP contribution is 2.33. The van der Waals surface area contributed by atoms with Crippen LogP contribution >= 0.6 is 0 Å². The van der Waals surface area contributed by atoms with Gasteiger partial charge in [-0.05, 0) is 74.4 Å². The second-order valence-corrected chi connectivity index (χ2v) is 9.63. The minimum Gasteiger partial charge on any atom is -0.477 e. The van der Waals surface area contributed by atoms with Crippen molar-refractivity contribution in [2.24, 2.45) is 0 Å². The predicted molar refractivity (Wildman–Crippen MR) is 171 cm³/mol. The number of aryl methyl sites for hydroxylation is 2. The molecule has 3 heterocycles. The number of rotatable bonds is 11. The Morgan fingerprint density at radius 1 is 0.900 bits per heavy atom. The Hall–Kier alpha value is -3.54. The smallest absolute Gasteiger partial charge is 0.217 e. The molecule has 0 fully saturated rings.